The molecular weight excluding hydrogens is 321 g/mol. The molecule has 3 unspecified atom stereocenters. The molecule has 0 aromatic heterocycles. The van der Waals surface area contributed by atoms with Gasteiger partial charge in [0, 0.05) is 31.6 Å². The monoisotopic (exact) mass is 353 g/mol. The molecule has 0 bridgehead atoms. The highest BCUT2D eigenvalue weighted by molar-refractivity contribution is 5.85. The summed E-state index contributed by atoms with van der Waals surface area (Å²) in [7, 11) is 0. The minimum Gasteiger partial charge on any atom is -0.356 e. The summed E-state index contributed by atoms with van der Waals surface area (Å²) in [6.07, 6.45) is 5.29. The number of amides is 1. The van der Waals surface area contributed by atoms with Crippen LogP contribution in [0.2, 0.25) is 0 Å². The highest BCUT2D eigenvalue weighted by atomic mass is 35.5. The van der Waals surface area contributed by atoms with Gasteiger partial charge in [0.05, 0.1) is 0 Å². The molecule has 6 heteroatoms. The third-order valence-corrected chi connectivity index (χ3v) is 4.64. The molecule has 0 radical (unpaired) electrons. The number of nitrogens with one attached hydrogen (secondary N) is 1. The largest absolute Gasteiger partial charge is 0.356 e. The molecule has 1 aliphatic heterocycles. The quantitative estimate of drug-likeness (QED) is 0.797. The minimum atomic E-state index is 0. The Morgan fingerprint density at radius 2 is 2.00 bits per heavy atom. The molecule has 2 fully saturated rings. The summed E-state index contributed by atoms with van der Waals surface area (Å²) in [6, 6.07) is 0.229. The zero-order chi connectivity index (χ0) is 14.5. The zero-order valence-electron chi connectivity index (χ0n) is 13.9. The number of rotatable bonds is 5. The number of nitrogens with two attached hydrogens (primary N) is 1. The van der Waals surface area contributed by atoms with Crippen LogP contribution in [0, 0.1) is 17.8 Å². The van der Waals surface area contributed by atoms with Crippen LogP contribution in [0.4, 0.5) is 0 Å². The first-order chi connectivity index (χ1) is 9.54. The first-order valence-corrected chi connectivity index (χ1v) is 8.30. The molecule has 1 aliphatic carbocycles. The Morgan fingerprint density at radius 1 is 1.27 bits per heavy atom. The fourth-order valence-corrected chi connectivity index (χ4v) is 3.62. The van der Waals surface area contributed by atoms with Crippen molar-refractivity contribution in [1.82, 2.24) is 10.2 Å². The number of halogens is 2. The van der Waals surface area contributed by atoms with Crippen LogP contribution >= 0.6 is 24.8 Å². The lowest BCUT2D eigenvalue weighted by molar-refractivity contribution is -0.126. The molecule has 0 spiro atoms. The number of carbonyl (C=O) groups excluding carboxylic acids is 1. The first-order valence-electron chi connectivity index (χ1n) is 8.30. The third kappa shape index (κ3) is 7.03. The summed E-state index contributed by atoms with van der Waals surface area (Å²) in [5.74, 6) is 1.76. The molecule has 1 saturated carbocycles. The van der Waals surface area contributed by atoms with E-state index in [9.17, 15) is 4.79 Å². The lowest BCUT2D eigenvalue weighted by atomic mass is 9.85. The highest BCUT2D eigenvalue weighted by Crippen LogP contribution is 2.23. The van der Waals surface area contributed by atoms with Crippen molar-refractivity contribution in [2.24, 2.45) is 23.5 Å². The predicted octanol–water partition coefficient (Wildman–Crippen LogP) is 2.44. The molecule has 0 aromatic rings. The second-order valence-electron chi connectivity index (χ2n) is 7.18. The van der Waals surface area contributed by atoms with Gasteiger partial charge in [-0.15, -0.1) is 24.8 Å². The second kappa shape index (κ2) is 10.7. The van der Waals surface area contributed by atoms with Crippen LogP contribution < -0.4 is 11.1 Å². The maximum absolute atomic E-state index is 12.2. The molecule has 3 atom stereocenters. The molecule has 22 heavy (non-hydrogen) atoms. The van der Waals surface area contributed by atoms with E-state index in [-0.39, 0.29) is 42.7 Å². The molecule has 4 nitrogen and oxygen atoms in total. The summed E-state index contributed by atoms with van der Waals surface area (Å²) >= 11 is 0. The van der Waals surface area contributed by atoms with Gasteiger partial charge in [0.1, 0.15) is 0 Å². The molecule has 1 heterocycles. The second-order valence-corrected chi connectivity index (χ2v) is 7.18. The van der Waals surface area contributed by atoms with E-state index in [2.05, 4.69) is 24.1 Å². The van der Waals surface area contributed by atoms with E-state index in [0.717, 1.165) is 44.7 Å². The highest BCUT2D eigenvalue weighted by Gasteiger charge is 2.27. The fourth-order valence-electron chi connectivity index (χ4n) is 3.62. The number of nitrogens with zero attached hydrogens (tertiary/aromatic N) is 1. The smallest absolute Gasteiger partial charge is 0.223 e. The molecule has 132 valence electrons. The average Bonchev–Trinajstić information content (AvgIpc) is 2.82. The van der Waals surface area contributed by atoms with E-state index < -0.39 is 0 Å². The normalized spacial score (nSPS) is 28.8. The zero-order valence-corrected chi connectivity index (χ0v) is 15.6. The van der Waals surface area contributed by atoms with Crippen molar-refractivity contribution in [3.63, 3.8) is 0 Å². The molecule has 1 saturated heterocycles. The van der Waals surface area contributed by atoms with Crippen molar-refractivity contribution in [2.45, 2.75) is 52.0 Å². The molecule has 2 aliphatic rings. The van der Waals surface area contributed by atoms with Crippen LogP contribution in [0.5, 0.6) is 0 Å². The maximum Gasteiger partial charge on any atom is 0.223 e. The van der Waals surface area contributed by atoms with Crippen molar-refractivity contribution in [3.8, 4) is 0 Å². The SMILES string of the molecule is CC(C)CN1CCC(CNC(=O)C2CCCC(N)C2)C1.Cl.Cl. The average molecular weight is 354 g/mol. The van der Waals surface area contributed by atoms with E-state index in [1.165, 1.54) is 19.5 Å². The van der Waals surface area contributed by atoms with Crippen molar-refractivity contribution >= 4 is 30.7 Å². The van der Waals surface area contributed by atoms with Crippen LogP contribution in [0.3, 0.4) is 0 Å². The molecular formula is C16H33Cl2N3O. The van der Waals surface area contributed by atoms with Gasteiger partial charge in [0.25, 0.3) is 0 Å². The third-order valence-electron chi connectivity index (χ3n) is 4.64. The Labute approximate surface area is 147 Å². The Balaban J connectivity index is 0.00000220. The van der Waals surface area contributed by atoms with Crippen molar-refractivity contribution in [1.29, 1.82) is 0 Å². The fraction of sp³-hybridized carbons (Fsp3) is 0.938. The van der Waals surface area contributed by atoms with Gasteiger partial charge in [-0.05, 0) is 44.1 Å². The van der Waals surface area contributed by atoms with E-state index in [4.69, 9.17) is 5.73 Å². The Kier molecular flexibility index (Phi) is 10.7. The van der Waals surface area contributed by atoms with Gasteiger partial charge in [-0.1, -0.05) is 20.3 Å². The van der Waals surface area contributed by atoms with Crippen LogP contribution in [-0.4, -0.2) is 43.0 Å². The predicted molar refractivity (Wildman–Crippen MR) is 96.8 cm³/mol. The number of hydrogen-bond acceptors (Lipinski definition) is 3. The number of hydrogen-bond donors (Lipinski definition) is 2. The van der Waals surface area contributed by atoms with Crippen LogP contribution in [-0.2, 0) is 4.79 Å². The Hall–Kier alpha value is -0.0300. The lowest BCUT2D eigenvalue weighted by Crippen LogP contribution is -2.40. The maximum atomic E-state index is 12.2. The first kappa shape index (κ1) is 22.0. The summed E-state index contributed by atoms with van der Waals surface area (Å²) in [5, 5.41) is 3.17. The molecule has 0 aromatic carbocycles. The molecule has 3 N–H and O–H groups in total. The van der Waals surface area contributed by atoms with Crippen molar-refractivity contribution in [2.75, 3.05) is 26.2 Å². The minimum absolute atomic E-state index is 0. The number of carbonyl (C=O) groups is 1. The van der Waals surface area contributed by atoms with E-state index >= 15 is 0 Å². The van der Waals surface area contributed by atoms with Crippen molar-refractivity contribution in [3.05, 3.63) is 0 Å². The van der Waals surface area contributed by atoms with E-state index in [1.807, 2.05) is 0 Å². The van der Waals surface area contributed by atoms with Gasteiger partial charge < -0.3 is 16.0 Å². The molecule has 1 amide bonds. The van der Waals surface area contributed by atoms with Crippen LogP contribution in [0.15, 0.2) is 0 Å². The summed E-state index contributed by atoms with van der Waals surface area (Å²) < 4.78 is 0. The van der Waals surface area contributed by atoms with E-state index in [0.29, 0.717) is 5.92 Å². The lowest BCUT2D eigenvalue weighted by Gasteiger charge is -2.26. The van der Waals surface area contributed by atoms with Gasteiger partial charge in [0.15, 0.2) is 0 Å². The molecule has 2 rings (SSSR count). The van der Waals surface area contributed by atoms with Crippen LogP contribution in [0.25, 0.3) is 0 Å². The van der Waals surface area contributed by atoms with Crippen LogP contribution in [0.1, 0.15) is 46.0 Å². The van der Waals surface area contributed by atoms with E-state index in [1.54, 1.807) is 0 Å². The topological polar surface area (TPSA) is 58.4 Å². The summed E-state index contributed by atoms with van der Waals surface area (Å²) in [4.78, 5) is 14.7. The van der Waals surface area contributed by atoms with Gasteiger partial charge >= 0.3 is 0 Å². The standard InChI is InChI=1S/C16H31N3O.2ClH/c1-12(2)10-19-7-6-13(11-19)9-18-16(20)14-4-3-5-15(17)8-14;;/h12-15H,3-11,17H2,1-2H3,(H,18,20);2*1H. The summed E-state index contributed by atoms with van der Waals surface area (Å²) in [6.45, 7) is 8.89. The number of likely N-dealkylation sites (tertiary alicyclic amines) is 1. The van der Waals surface area contributed by atoms with Gasteiger partial charge in [0.2, 0.25) is 5.91 Å². The summed E-state index contributed by atoms with van der Waals surface area (Å²) in [5.41, 5.74) is 5.96. The van der Waals surface area contributed by atoms with Gasteiger partial charge in [-0.25, -0.2) is 0 Å². The van der Waals surface area contributed by atoms with Gasteiger partial charge in [-0.2, -0.15) is 0 Å². The Morgan fingerprint density at radius 3 is 2.64 bits per heavy atom. The van der Waals surface area contributed by atoms with Gasteiger partial charge in [-0.3, -0.25) is 4.79 Å². The van der Waals surface area contributed by atoms with Crippen molar-refractivity contribution < 1.29 is 4.79 Å². The Bertz CT molecular complexity index is 329.